The number of hydrogen-bond donors (Lipinski definition) is 1. The van der Waals surface area contributed by atoms with Gasteiger partial charge in [-0.05, 0) is 6.42 Å². The molecule has 0 radical (unpaired) electrons. The van der Waals surface area contributed by atoms with Crippen molar-refractivity contribution in [3.8, 4) is 0 Å². The first-order valence-corrected chi connectivity index (χ1v) is 4.78. The van der Waals surface area contributed by atoms with Crippen molar-refractivity contribution >= 4 is 5.97 Å². The first-order chi connectivity index (χ1) is 6.22. The Kier molecular flexibility index (Phi) is 3.96. The van der Waals surface area contributed by atoms with Crippen molar-refractivity contribution in [2.45, 2.75) is 44.8 Å². The van der Waals surface area contributed by atoms with Crippen LogP contribution in [0.4, 0.5) is 0 Å². The maximum Gasteiger partial charge on any atom is 0.306 e. The van der Waals surface area contributed by atoms with E-state index in [1.54, 1.807) is 0 Å². The van der Waals surface area contributed by atoms with Crippen molar-refractivity contribution in [1.82, 2.24) is 0 Å². The number of rotatable bonds is 5. The Labute approximate surface area is 78.4 Å². The first kappa shape index (κ1) is 10.3. The van der Waals surface area contributed by atoms with E-state index in [9.17, 15) is 4.79 Å². The highest BCUT2D eigenvalue weighted by Crippen LogP contribution is 2.18. The van der Waals surface area contributed by atoms with Gasteiger partial charge in [0.05, 0.1) is 18.6 Å². The van der Waals surface area contributed by atoms with Crippen molar-refractivity contribution < 1.29 is 14.6 Å². The van der Waals surface area contributed by atoms with E-state index in [0.29, 0.717) is 0 Å². The average Bonchev–Trinajstić information content (AvgIpc) is 2.48. The second-order valence-electron chi connectivity index (χ2n) is 3.34. The summed E-state index contributed by atoms with van der Waals surface area (Å²) < 4.78 is 5.48. The lowest BCUT2D eigenvalue weighted by Crippen LogP contribution is -2.15. The molecular formula is C10H16O3. The molecule has 1 N–H and O–H groups in total. The van der Waals surface area contributed by atoms with Gasteiger partial charge in [-0.15, -0.1) is 0 Å². The van der Waals surface area contributed by atoms with Gasteiger partial charge in [-0.1, -0.05) is 31.9 Å². The fraction of sp³-hybridized carbons (Fsp3) is 0.700. The zero-order valence-corrected chi connectivity index (χ0v) is 7.90. The summed E-state index contributed by atoms with van der Waals surface area (Å²) in [5, 5.41) is 8.52. The Morgan fingerprint density at radius 2 is 2.15 bits per heavy atom. The highest BCUT2D eigenvalue weighted by atomic mass is 16.5. The molecular weight excluding hydrogens is 168 g/mol. The van der Waals surface area contributed by atoms with Crippen molar-refractivity contribution in [1.29, 1.82) is 0 Å². The minimum absolute atomic E-state index is 0.0825. The van der Waals surface area contributed by atoms with E-state index in [4.69, 9.17) is 9.84 Å². The molecule has 13 heavy (non-hydrogen) atoms. The Balaban J connectivity index is 2.21. The molecule has 0 spiro atoms. The maximum absolute atomic E-state index is 10.4. The SMILES string of the molecule is CCCC[C@@H]1C=C[C@@H](CC(=O)O)O1. The van der Waals surface area contributed by atoms with Crippen LogP contribution >= 0.6 is 0 Å². The number of carboxylic acids is 1. The van der Waals surface area contributed by atoms with E-state index in [-0.39, 0.29) is 18.6 Å². The summed E-state index contributed by atoms with van der Waals surface area (Å²) in [6, 6.07) is 0. The van der Waals surface area contributed by atoms with Gasteiger partial charge in [0, 0.05) is 0 Å². The lowest BCUT2D eigenvalue weighted by molar-refractivity contribution is -0.139. The van der Waals surface area contributed by atoms with Crippen molar-refractivity contribution in [3.63, 3.8) is 0 Å². The second-order valence-corrected chi connectivity index (χ2v) is 3.34. The summed E-state index contributed by atoms with van der Waals surface area (Å²) >= 11 is 0. The van der Waals surface area contributed by atoms with Crippen LogP contribution < -0.4 is 0 Å². The quantitative estimate of drug-likeness (QED) is 0.664. The molecule has 1 heterocycles. The summed E-state index contributed by atoms with van der Waals surface area (Å²) in [6.45, 7) is 2.13. The largest absolute Gasteiger partial charge is 0.481 e. The molecule has 0 bridgehead atoms. The number of carbonyl (C=O) groups is 1. The first-order valence-electron chi connectivity index (χ1n) is 4.78. The Bertz CT molecular complexity index is 198. The third kappa shape index (κ3) is 3.59. The molecule has 0 amide bonds. The predicted molar refractivity (Wildman–Crippen MR) is 49.6 cm³/mol. The molecule has 0 fully saturated rings. The number of carboxylic acid groups (broad SMARTS) is 1. The minimum atomic E-state index is -0.800. The molecule has 1 aliphatic rings. The molecule has 0 saturated heterocycles. The molecule has 74 valence electrons. The van der Waals surface area contributed by atoms with Gasteiger partial charge in [0.1, 0.15) is 0 Å². The molecule has 0 aliphatic carbocycles. The van der Waals surface area contributed by atoms with Crippen LogP contribution in [0, 0.1) is 0 Å². The lowest BCUT2D eigenvalue weighted by atomic mass is 10.2. The van der Waals surface area contributed by atoms with Crippen LogP contribution in [0.25, 0.3) is 0 Å². The number of hydrogen-bond acceptors (Lipinski definition) is 2. The fourth-order valence-corrected chi connectivity index (χ4v) is 1.42. The number of ether oxygens (including phenoxy) is 1. The van der Waals surface area contributed by atoms with E-state index >= 15 is 0 Å². The predicted octanol–water partition coefficient (Wildman–Crippen LogP) is 1.97. The summed E-state index contributed by atoms with van der Waals surface area (Å²) in [7, 11) is 0. The van der Waals surface area contributed by atoms with Crippen LogP contribution in [-0.4, -0.2) is 23.3 Å². The van der Waals surface area contributed by atoms with Gasteiger partial charge in [0.15, 0.2) is 0 Å². The molecule has 0 unspecified atom stereocenters. The summed E-state index contributed by atoms with van der Waals surface area (Å²) in [4.78, 5) is 10.4. The second kappa shape index (κ2) is 5.02. The molecule has 0 aromatic heterocycles. The van der Waals surface area contributed by atoms with Crippen molar-refractivity contribution in [2.24, 2.45) is 0 Å². The number of unbranched alkanes of at least 4 members (excludes halogenated alkanes) is 1. The molecule has 0 saturated carbocycles. The van der Waals surface area contributed by atoms with E-state index in [1.807, 2.05) is 12.2 Å². The topological polar surface area (TPSA) is 46.5 Å². The van der Waals surface area contributed by atoms with E-state index in [0.717, 1.165) is 19.3 Å². The summed E-state index contributed by atoms with van der Waals surface area (Å²) in [6.07, 6.45) is 7.13. The molecule has 3 nitrogen and oxygen atoms in total. The smallest absolute Gasteiger partial charge is 0.306 e. The number of aliphatic carboxylic acids is 1. The molecule has 1 rings (SSSR count). The molecule has 0 aromatic rings. The van der Waals surface area contributed by atoms with E-state index in [1.165, 1.54) is 0 Å². The van der Waals surface area contributed by atoms with Gasteiger partial charge >= 0.3 is 5.97 Å². The van der Waals surface area contributed by atoms with Crippen molar-refractivity contribution in [2.75, 3.05) is 0 Å². The Morgan fingerprint density at radius 1 is 1.46 bits per heavy atom. The molecule has 0 aromatic carbocycles. The van der Waals surface area contributed by atoms with Crippen LogP contribution in [-0.2, 0) is 9.53 Å². The highest BCUT2D eigenvalue weighted by Gasteiger charge is 2.20. The summed E-state index contributed by atoms with van der Waals surface area (Å²) in [5.74, 6) is -0.800. The van der Waals surface area contributed by atoms with Gasteiger partial charge in [-0.25, -0.2) is 0 Å². The standard InChI is InChI=1S/C10H16O3/c1-2-3-4-8-5-6-9(13-8)7-10(11)12/h5-6,8-9H,2-4,7H2,1H3,(H,11,12)/t8-,9+/m1/s1. The zero-order valence-electron chi connectivity index (χ0n) is 7.90. The van der Waals surface area contributed by atoms with Crippen LogP contribution in [0.1, 0.15) is 32.6 Å². The van der Waals surface area contributed by atoms with Gasteiger partial charge < -0.3 is 9.84 Å². The minimum Gasteiger partial charge on any atom is -0.481 e. The normalized spacial score (nSPS) is 26.5. The summed E-state index contributed by atoms with van der Waals surface area (Å²) in [5.41, 5.74) is 0. The van der Waals surface area contributed by atoms with Crippen LogP contribution in [0.2, 0.25) is 0 Å². The van der Waals surface area contributed by atoms with E-state index in [2.05, 4.69) is 6.92 Å². The van der Waals surface area contributed by atoms with Crippen LogP contribution in [0.3, 0.4) is 0 Å². The Morgan fingerprint density at radius 3 is 2.77 bits per heavy atom. The maximum atomic E-state index is 10.4. The van der Waals surface area contributed by atoms with Crippen LogP contribution in [0.5, 0.6) is 0 Å². The zero-order chi connectivity index (χ0) is 9.68. The molecule has 1 aliphatic heterocycles. The lowest BCUT2D eigenvalue weighted by Gasteiger charge is -2.11. The third-order valence-corrected chi connectivity index (χ3v) is 2.11. The third-order valence-electron chi connectivity index (χ3n) is 2.11. The van der Waals surface area contributed by atoms with Gasteiger partial charge in [0.25, 0.3) is 0 Å². The van der Waals surface area contributed by atoms with Crippen LogP contribution in [0.15, 0.2) is 12.2 Å². The van der Waals surface area contributed by atoms with Gasteiger partial charge in [-0.3, -0.25) is 4.79 Å². The monoisotopic (exact) mass is 184 g/mol. The van der Waals surface area contributed by atoms with Crippen molar-refractivity contribution in [3.05, 3.63) is 12.2 Å². The fourth-order valence-electron chi connectivity index (χ4n) is 1.42. The average molecular weight is 184 g/mol. The van der Waals surface area contributed by atoms with E-state index < -0.39 is 5.97 Å². The molecule has 3 heteroatoms. The molecule has 2 atom stereocenters. The van der Waals surface area contributed by atoms with Gasteiger partial charge in [0.2, 0.25) is 0 Å². The van der Waals surface area contributed by atoms with Gasteiger partial charge in [-0.2, -0.15) is 0 Å². The highest BCUT2D eigenvalue weighted by molar-refractivity contribution is 5.67. The Hall–Kier alpha value is -0.830.